The molecule has 0 bridgehead atoms. The van der Waals surface area contributed by atoms with Gasteiger partial charge in [-0.25, -0.2) is 4.79 Å². The zero-order valence-corrected chi connectivity index (χ0v) is 6.11. The van der Waals surface area contributed by atoms with Crippen molar-refractivity contribution in [2.24, 2.45) is 0 Å². The van der Waals surface area contributed by atoms with Gasteiger partial charge < -0.3 is 16.0 Å². The molecule has 1 unspecified atom stereocenters. The number of amides is 2. The van der Waals surface area contributed by atoms with Crippen molar-refractivity contribution < 1.29 is 4.79 Å². The molecule has 58 valence electrons. The van der Waals surface area contributed by atoms with E-state index in [9.17, 15) is 4.79 Å². The van der Waals surface area contributed by atoms with E-state index in [2.05, 4.69) is 16.0 Å². The summed E-state index contributed by atoms with van der Waals surface area (Å²) in [7, 11) is 1.62. The predicted octanol–water partition coefficient (Wildman–Crippen LogP) is -0.723. The summed E-state index contributed by atoms with van der Waals surface area (Å²) in [6.45, 7) is 1.90. The minimum atomic E-state index is -0.0892. The molecular formula is C6H13N3O. The third-order valence-electron chi connectivity index (χ3n) is 1.62. The van der Waals surface area contributed by atoms with Crippen LogP contribution in [0.2, 0.25) is 0 Å². The summed E-state index contributed by atoms with van der Waals surface area (Å²) in [5, 5.41) is 8.49. The second kappa shape index (κ2) is 3.41. The van der Waals surface area contributed by atoms with Crippen LogP contribution >= 0.6 is 0 Å². The van der Waals surface area contributed by atoms with E-state index < -0.39 is 0 Å². The monoisotopic (exact) mass is 143 g/mol. The third kappa shape index (κ3) is 1.88. The third-order valence-corrected chi connectivity index (χ3v) is 1.62. The van der Waals surface area contributed by atoms with Gasteiger partial charge in [0, 0.05) is 19.6 Å². The predicted molar refractivity (Wildman–Crippen MR) is 38.9 cm³/mol. The van der Waals surface area contributed by atoms with Crippen LogP contribution in [-0.4, -0.2) is 32.2 Å². The molecule has 0 aliphatic carbocycles. The smallest absolute Gasteiger partial charge is 0.314 e. The Morgan fingerprint density at radius 1 is 1.70 bits per heavy atom. The van der Waals surface area contributed by atoms with Gasteiger partial charge >= 0.3 is 6.03 Å². The van der Waals surface area contributed by atoms with E-state index in [0.717, 1.165) is 19.5 Å². The van der Waals surface area contributed by atoms with E-state index in [4.69, 9.17) is 0 Å². The zero-order valence-electron chi connectivity index (χ0n) is 6.11. The second-order valence-electron chi connectivity index (χ2n) is 2.41. The molecule has 0 radical (unpaired) electrons. The molecule has 1 atom stereocenters. The molecule has 0 aromatic heterocycles. The first kappa shape index (κ1) is 7.34. The topological polar surface area (TPSA) is 53.2 Å². The molecule has 2 amide bonds. The fraction of sp³-hybridized carbons (Fsp3) is 0.833. The van der Waals surface area contributed by atoms with Crippen LogP contribution in [0, 0.1) is 0 Å². The van der Waals surface area contributed by atoms with Crippen LogP contribution < -0.4 is 16.0 Å². The number of urea groups is 1. The molecule has 1 aliphatic rings. The highest BCUT2D eigenvalue weighted by Crippen LogP contribution is 1.95. The number of nitrogens with one attached hydrogen (secondary N) is 3. The summed E-state index contributed by atoms with van der Waals surface area (Å²) < 4.78 is 0. The van der Waals surface area contributed by atoms with E-state index in [-0.39, 0.29) is 6.03 Å². The maximum Gasteiger partial charge on any atom is 0.314 e. The second-order valence-corrected chi connectivity index (χ2v) is 2.41. The molecule has 4 nitrogen and oxygen atoms in total. The molecule has 3 N–H and O–H groups in total. The Hall–Kier alpha value is -0.770. The zero-order chi connectivity index (χ0) is 7.40. The molecule has 1 rings (SSSR count). The van der Waals surface area contributed by atoms with Gasteiger partial charge in [-0.1, -0.05) is 0 Å². The lowest BCUT2D eigenvalue weighted by atomic mass is 10.3. The molecule has 1 aliphatic heterocycles. The number of rotatable bonds is 1. The number of carbonyl (C=O) groups excluding carboxylic acids is 1. The fourth-order valence-electron chi connectivity index (χ4n) is 1.04. The lowest BCUT2D eigenvalue weighted by molar-refractivity contribution is 0.240. The Morgan fingerprint density at radius 3 is 3.00 bits per heavy atom. The fourth-order valence-corrected chi connectivity index (χ4v) is 1.04. The van der Waals surface area contributed by atoms with Gasteiger partial charge in [0.05, 0.1) is 0 Å². The first-order valence-electron chi connectivity index (χ1n) is 3.52. The number of carbonyl (C=O) groups is 1. The van der Waals surface area contributed by atoms with Crippen LogP contribution in [0.15, 0.2) is 0 Å². The van der Waals surface area contributed by atoms with Crippen LogP contribution in [0.4, 0.5) is 4.79 Å². The molecule has 10 heavy (non-hydrogen) atoms. The van der Waals surface area contributed by atoms with Crippen molar-refractivity contribution >= 4 is 6.03 Å². The van der Waals surface area contributed by atoms with Gasteiger partial charge in [-0.3, -0.25) is 0 Å². The van der Waals surface area contributed by atoms with Crippen molar-refractivity contribution in [3.63, 3.8) is 0 Å². The van der Waals surface area contributed by atoms with Gasteiger partial charge in [-0.15, -0.1) is 0 Å². The minimum absolute atomic E-state index is 0.0892. The molecule has 0 aromatic carbocycles. The normalized spacial score (nSPS) is 24.3. The van der Waals surface area contributed by atoms with Crippen LogP contribution in [0.25, 0.3) is 0 Å². The standard InChI is InChI=1S/C6H13N3O/c1-7-6(10)9-5-2-3-8-4-5/h5,8H,2-4H2,1H3,(H2,7,9,10). The Morgan fingerprint density at radius 2 is 2.50 bits per heavy atom. The number of hydrogen-bond acceptors (Lipinski definition) is 2. The molecule has 0 aromatic rings. The van der Waals surface area contributed by atoms with Gasteiger partial charge in [-0.05, 0) is 13.0 Å². The van der Waals surface area contributed by atoms with E-state index in [1.54, 1.807) is 7.05 Å². The first-order chi connectivity index (χ1) is 4.83. The van der Waals surface area contributed by atoms with Crippen LogP contribution in [0.1, 0.15) is 6.42 Å². The number of hydrogen-bond donors (Lipinski definition) is 3. The van der Waals surface area contributed by atoms with Gasteiger partial charge in [0.1, 0.15) is 0 Å². The minimum Gasteiger partial charge on any atom is -0.341 e. The highest BCUT2D eigenvalue weighted by Gasteiger charge is 2.14. The van der Waals surface area contributed by atoms with Crippen LogP contribution in [0.3, 0.4) is 0 Å². The van der Waals surface area contributed by atoms with Crippen LogP contribution in [-0.2, 0) is 0 Å². The van der Waals surface area contributed by atoms with Gasteiger partial charge in [0.2, 0.25) is 0 Å². The largest absolute Gasteiger partial charge is 0.341 e. The lowest BCUT2D eigenvalue weighted by Gasteiger charge is -2.09. The summed E-state index contributed by atoms with van der Waals surface area (Å²) in [6, 6.07) is 0.230. The molecule has 1 saturated heterocycles. The molecule has 1 fully saturated rings. The quantitative estimate of drug-likeness (QED) is 0.453. The average Bonchev–Trinajstić information content (AvgIpc) is 2.40. The molecule has 1 heterocycles. The molecule has 0 saturated carbocycles. The van der Waals surface area contributed by atoms with E-state index in [1.807, 2.05) is 0 Å². The van der Waals surface area contributed by atoms with E-state index in [0.29, 0.717) is 6.04 Å². The van der Waals surface area contributed by atoms with Crippen LogP contribution in [0.5, 0.6) is 0 Å². The Balaban J connectivity index is 2.17. The highest BCUT2D eigenvalue weighted by molar-refractivity contribution is 5.73. The van der Waals surface area contributed by atoms with Crippen molar-refractivity contribution in [3.05, 3.63) is 0 Å². The van der Waals surface area contributed by atoms with Crippen molar-refractivity contribution in [1.29, 1.82) is 0 Å². The van der Waals surface area contributed by atoms with Crippen molar-refractivity contribution in [2.75, 3.05) is 20.1 Å². The van der Waals surface area contributed by atoms with E-state index in [1.165, 1.54) is 0 Å². The molecule has 4 heteroatoms. The van der Waals surface area contributed by atoms with Gasteiger partial charge in [-0.2, -0.15) is 0 Å². The SMILES string of the molecule is CNC(=O)NC1CCNC1. The Labute approximate surface area is 60.4 Å². The van der Waals surface area contributed by atoms with Gasteiger partial charge in [0.25, 0.3) is 0 Å². The van der Waals surface area contributed by atoms with Crippen molar-refractivity contribution in [2.45, 2.75) is 12.5 Å². The highest BCUT2D eigenvalue weighted by atomic mass is 16.2. The average molecular weight is 143 g/mol. The Bertz CT molecular complexity index is 120. The first-order valence-corrected chi connectivity index (χ1v) is 3.52. The molecular weight excluding hydrogens is 130 g/mol. The van der Waals surface area contributed by atoms with E-state index >= 15 is 0 Å². The Kier molecular flexibility index (Phi) is 2.50. The van der Waals surface area contributed by atoms with Crippen molar-refractivity contribution in [3.8, 4) is 0 Å². The maximum atomic E-state index is 10.7. The maximum absolute atomic E-state index is 10.7. The summed E-state index contributed by atoms with van der Waals surface area (Å²) in [6.07, 6.45) is 1.04. The van der Waals surface area contributed by atoms with Crippen molar-refractivity contribution in [1.82, 2.24) is 16.0 Å². The molecule has 0 spiro atoms. The summed E-state index contributed by atoms with van der Waals surface area (Å²) in [4.78, 5) is 10.7. The summed E-state index contributed by atoms with van der Waals surface area (Å²) in [5.41, 5.74) is 0. The summed E-state index contributed by atoms with van der Waals surface area (Å²) >= 11 is 0. The van der Waals surface area contributed by atoms with Gasteiger partial charge in [0.15, 0.2) is 0 Å². The lowest BCUT2D eigenvalue weighted by Crippen LogP contribution is -2.41. The summed E-state index contributed by atoms with van der Waals surface area (Å²) in [5.74, 6) is 0.